The van der Waals surface area contributed by atoms with E-state index in [0.717, 1.165) is 193 Å². The molecule has 0 atom stereocenters. The molecule has 6 heterocycles. The highest BCUT2D eigenvalue weighted by Gasteiger charge is 2.29. The van der Waals surface area contributed by atoms with Crippen molar-refractivity contribution >= 4 is 87.2 Å². The second kappa shape index (κ2) is 30.1. The zero-order valence-electron chi connectivity index (χ0n) is 71.2. The van der Waals surface area contributed by atoms with Crippen molar-refractivity contribution in [3.8, 4) is 124 Å². The zero-order chi connectivity index (χ0) is 85.4. The summed E-state index contributed by atoms with van der Waals surface area (Å²) in [6.07, 6.45) is 0.322. The van der Waals surface area contributed by atoms with Gasteiger partial charge < -0.3 is 18.3 Å². The highest BCUT2D eigenvalue weighted by Crippen LogP contribution is 2.47. The summed E-state index contributed by atoms with van der Waals surface area (Å²) in [6.45, 7) is 18.6. The normalized spacial score (nSPS) is 11.7. The van der Waals surface area contributed by atoms with Gasteiger partial charge in [0, 0.05) is 60.6 Å². The molecule has 598 valence electrons. The van der Waals surface area contributed by atoms with E-state index in [1.165, 1.54) is 5.56 Å². The van der Waals surface area contributed by atoms with Crippen LogP contribution in [0.3, 0.4) is 0 Å². The third-order valence-electron chi connectivity index (χ3n) is 25.5. The number of benzene rings is 16. The van der Waals surface area contributed by atoms with Crippen LogP contribution in [0.4, 0.5) is 0 Å². The minimum atomic E-state index is 0.322. The van der Waals surface area contributed by atoms with Gasteiger partial charge in [0.25, 0.3) is 0 Å². The maximum atomic E-state index is 12.7. The van der Waals surface area contributed by atoms with E-state index in [1.807, 2.05) is 20.8 Å². The Balaban J connectivity index is 0.776. The van der Waals surface area contributed by atoms with E-state index in [-0.39, 0.29) is 0 Å². The van der Waals surface area contributed by atoms with E-state index < -0.39 is 0 Å². The molecule has 126 heavy (non-hydrogen) atoms. The Hall–Kier alpha value is -16.3. The fourth-order valence-corrected chi connectivity index (χ4v) is 19.6. The Morgan fingerprint density at radius 1 is 0.230 bits per heavy atom. The summed E-state index contributed by atoms with van der Waals surface area (Å²) < 4.78 is 9.18. The smallest absolute Gasteiger partial charge is 0.163 e. The van der Waals surface area contributed by atoms with Gasteiger partial charge in [-0.25, -0.2) is 29.9 Å². The summed E-state index contributed by atoms with van der Waals surface area (Å²) in [6, 6.07) is 121. The van der Waals surface area contributed by atoms with Crippen LogP contribution in [0.15, 0.2) is 322 Å². The fourth-order valence-electron chi connectivity index (χ4n) is 19.6. The van der Waals surface area contributed by atoms with Gasteiger partial charge in [0.1, 0.15) is 46.6 Å². The molecule has 0 saturated heterocycles. The van der Waals surface area contributed by atoms with Crippen LogP contribution >= 0.6 is 0 Å². The van der Waals surface area contributed by atoms with Crippen LogP contribution in [-0.2, 0) is 6.42 Å². The predicted molar refractivity (Wildman–Crippen MR) is 515 cm³/mol. The molecule has 12 heteroatoms. The Morgan fingerprint density at radius 3 is 0.921 bits per heavy atom. The molecule has 6 aromatic heterocycles. The van der Waals surface area contributed by atoms with E-state index in [2.05, 4.69) is 398 Å². The SMILES string of the molecule is Cc1cccc(-c2ccc3c4ccccc4n(-c4cc(-c5nc(C)nc(C)n5)cc(-n5c6ccc(Cc7nc(C)nc(-c8cc(-n9c%10cc(-c%11ccccc%11C)ccc%10c%10ccc(-c%11ccccc%11C)cc%109)c(C#N)c(-n9c%10cc(-c%11ccccc%11C)ccc%10c%10ccc(-c%11ccccc%11C)cc%109)c8)n7)cc6c6ccc(-c7cccc(C)c7)cc65)c4C#N)c3c2)c1. The first-order chi connectivity index (χ1) is 61.5. The highest BCUT2D eigenvalue weighted by molar-refractivity contribution is 6.16. The number of hydrogen-bond donors (Lipinski definition) is 0. The van der Waals surface area contributed by atoms with Crippen LogP contribution in [-0.4, -0.2) is 48.2 Å². The third-order valence-corrected chi connectivity index (χ3v) is 25.5. The first-order valence-electron chi connectivity index (χ1n) is 42.8. The van der Waals surface area contributed by atoms with Crippen LogP contribution in [0, 0.1) is 85.0 Å². The number of nitrogens with zero attached hydrogens (tertiary/aromatic N) is 12. The van der Waals surface area contributed by atoms with Crippen molar-refractivity contribution in [2.24, 2.45) is 0 Å². The van der Waals surface area contributed by atoms with E-state index in [4.69, 9.17) is 24.9 Å². The average molecular weight is 1620 g/mol. The number of nitriles is 2. The molecule has 0 spiro atoms. The van der Waals surface area contributed by atoms with Gasteiger partial charge in [-0.1, -0.05) is 254 Å². The van der Waals surface area contributed by atoms with Gasteiger partial charge in [-0.2, -0.15) is 10.5 Å². The maximum absolute atomic E-state index is 12.7. The minimum absolute atomic E-state index is 0.322. The summed E-state index contributed by atoms with van der Waals surface area (Å²) in [5.41, 5.74) is 33.3. The Kier molecular flexibility index (Phi) is 18.1. The molecule has 12 nitrogen and oxygen atoms in total. The van der Waals surface area contributed by atoms with Gasteiger partial charge in [-0.05, 0) is 236 Å². The number of fused-ring (bicyclic) bond motifs is 12. The molecule has 0 aliphatic rings. The number of rotatable bonds is 14. The lowest BCUT2D eigenvalue weighted by molar-refractivity contribution is 0.886. The largest absolute Gasteiger partial charge is 0.308 e. The molecule has 0 aliphatic heterocycles. The van der Waals surface area contributed by atoms with E-state index >= 15 is 0 Å². The van der Waals surface area contributed by atoms with Crippen molar-refractivity contribution in [2.45, 2.75) is 68.7 Å². The van der Waals surface area contributed by atoms with Crippen molar-refractivity contribution in [3.63, 3.8) is 0 Å². The molecule has 0 amide bonds. The summed E-state index contributed by atoms with van der Waals surface area (Å²) in [4.78, 5) is 31.0. The topological polar surface area (TPSA) is 145 Å². The van der Waals surface area contributed by atoms with E-state index in [0.29, 0.717) is 80.8 Å². The Labute approximate surface area is 729 Å². The Morgan fingerprint density at radius 2 is 0.540 bits per heavy atom. The quantitative estimate of drug-likeness (QED) is 0.105. The molecular formula is C114H82N12. The first-order valence-corrected chi connectivity index (χ1v) is 42.8. The molecule has 0 bridgehead atoms. The second-order valence-electron chi connectivity index (χ2n) is 33.7. The monoisotopic (exact) mass is 1620 g/mol. The first kappa shape index (κ1) is 75.9. The van der Waals surface area contributed by atoms with Crippen LogP contribution in [0.5, 0.6) is 0 Å². The fraction of sp³-hybridized carbons (Fsp3) is 0.0877. The lowest BCUT2D eigenvalue weighted by Gasteiger charge is -2.19. The molecule has 0 unspecified atom stereocenters. The Bertz CT molecular complexity index is 8020. The molecule has 0 aliphatic carbocycles. The van der Waals surface area contributed by atoms with Crippen molar-refractivity contribution in [3.05, 3.63) is 395 Å². The van der Waals surface area contributed by atoms with Gasteiger partial charge in [0.2, 0.25) is 0 Å². The van der Waals surface area contributed by atoms with Gasteiger partial charge in [0.15, 0.2) is 11.6 Å². The molecule has 22 aromatic rings. The van der Waals surface area contributed by atoms with Gasteiger partial charge >= 0.3 is 0 Å². The van der Waals surface area contributed by atoms with Crippen LogP contribution in [0.1, 0.15) is 73.4 Å². The van der Waals surface area contributed by atoms with Gasteiger partial charge in [-0.15, -0.1) is 0 Å². The second-order valence-corrected chi connectivity index (χ2v) is 33.7. The molecule has 0 radical (unpaired) electrons. The summed E-state index contributed by atoms with van der Waals surface area (Å²) >= 11 is 0. The molecule has 0 fully saturated rings. The standard InChI is InChI=1S/C114H82N12/c1-66-22-20-28-76(50-66)78-37-43-91-90-34-18-19-35-100(90)123(102(91)54-78)108-60-84(113-119-72(7)117-73(8)120-113)61-109(98(108)64-115)124-101-49-36-75(52-97(101)96-44-38-79(55-103(96)124)77-29-21-23-67(2)51-77)53-112-118-74(9)121-114(122-112)85-62-110(125-104-56-80(86-30-14-10-24-68(86)3)39-45-92(104)93-46-40-81(57-105(93)125)87-31-15-11-25-69(87)4)99(65-116)111(63-85)126-106-58-82(88-32-16-12-26-70(88)5)41-47-94(106)95-48-42-83(59-107(95)126)89-33-17-13-27-71(89)6/h10-52,54-63H,53H2,1-9H3. The lowest BCUT2D eigenvalue weighted by Crippen LogP contribution is -2.08. The number of para-hydroxylation sites is 1. The van der Waals surface area contributed by atoms with Crippen LogP contribution in [0.25, 0.3) is 200 Å². The third kappa shape index (κ3) is 12.8. The summed E-state index contributed by atoms with van der Waals surface area (Å²) in [5.74, 6) is 3.21. The van der Waals surface area contributed by atoms with Gasteiger partial charge in [-0.3, -0.25) is 0 Å². The van der Waals surface area contributed by atoms with Crippen molar-refractivity contribution in [2.75, 3.05) is 0 Å². The summed E-state index contributed by atoms with van der Waals surface area (Å²) in [5, 5.41) is 33.2. The lowest BCUT2D eigenvalue weighted by atomic mass is 9.98. The number of aromatic nitrogens is 10. The average Bonchev–Trinajstić information content (AvgIpc) is 1.56. The van der Waals surface area contributed by atoms with Crippen molar-refractivity contribution in [1.29, 1.82) is 10.5 Å². The van der Waals surface area contributed by atoms with E-state index in [9.17, 15) is 10.5 Å². The number of aryl methyl sites for hydroxylation is 9. The van der Waals surface area contributed by atoms with Crippen LogP contribution in [0.2, 0.25) is 0 Å². The zero-order valence-corrected chi connectivity index (χ0v) is 71.2. The van der Waals surface area contributed by atoms with Crippen molar-refractivity contribution in [1.82, 2.24) is 48.2 Å². The molecular weight excluding hydrogens is 1540 g/mol. The maximum Gasteiger partial charge on any atom is 0.163 e. The molecule has 0 N–H and O–H groups in total. The molecule has 0 saturated carbocycles. The van der Waals surface area contributed by atoms with Crippen molar-refractivity contribution < 1.29 is 0 Å². The molecule has 16 aromatic carbocycles. The van der Waals surface area contributed by atoms with E-state index in [1.54, 1.807) is 0 Å². The summed E-state index contributed by atoms with van der Waals surface area (Å²) in [7, 11) is 0. The minimum Gasteiger partial charge on any atom is -0.308 e. The molecule has 22 rings (SSSR count). The van der Waals surface area contributed by atoms with Crippen LogP contribution < -0.4 is 0 Å². The highest BCUT2D eigenvalue weighted by atomic mass is 15.1. The number of hydrogen-bond acceptors (Lipinski definition) is 8. The predicted octanol–water partition coefficient (Wildman–Crippen LogP) is 27.9. The van der Waals surface area contributed by atoms with Gasteiger partial charge in [0.05, 0.1) is 66.9 Å².